The van der Waals surface area contributed by atoms with Gasteiger partial charge in [0.15, 0.2) is 8.32 Å². The molecule has 1 fully saturated rings. The predicted molar refractivity (Wildman–Crippen MR) is 148 cm³/mol. The Morgan fingerprint density at radius 1 is 0.971 bits per heavy atom. The topological polar surface area (TPSA) is 68.8 Å². The van der Waals surface area contributed by atoms with Crippen molar-refractivity contribution in [1.29, 1.82) is 0 Å². The highest BCUT2D eigenvalue weighted by molar-refractivity contribution is 6.74. The second-order valence-corrected chi connectivity index (χ2v) is 16.8. The molecule has 35 heavy (non-hydrogen) atoms. The number of anilines is 2. The summed E-state index contributed by atoms with van der Waals surface area (Å²) < 4.78 is 19.3. The normalized spacial score (nSPS) is 17.4. The summed E-state index contributed by atoms with van der Waals surface area (Å²) in [4.78, 5) is 12.9. The Labute approximate surface area is 212 Å². The molecule has 1 aliphatic heterocycles. The third kappa shape index (κ3) is 6.17. The van der Waals surface area contributed by atoms with Crippen LogP contribution in [0.3, 0.4) is 0 Å². The van der Waals surface area contributed by atoms with Gasteiger partial charge < -0.3 is 24.4 Å². The number of aryl methyl sites for hydroxylation is 1. The number of urea groups is 1. The van der Waals surface area contributed by atoms with E-state index in [1.165, 1.54) is 0 Å². The fourth-order valence-electron chi connectivity index (χ4n) is 3.46. The van der Waals surface area contributed by atoms with Crippen molar-refractivity contribution in [3.8, 4) is 0 Å². The molecule has 2 amide bonds. The molecule has 0 aliphatic carbocycles. The highest BCUT2D eigenvalue weighted by atomic mass is 28.4. The van der Waals surface area contributed by atoms with Crippen LogP contribution in [0.5, 0.6) is 0 Å². The molecule has 1 saturated heterocycles. The monoisotopic (exact) mass is 496 g/mol. The highest BCUT2D eigenvalue weighted by Crippen LogP contribution is 2.39. The minimum absolute atomic E-state index is 0.0582. The molecule has 0 aromatic heterocycles. The second kappa shape index (κ2) is 9.73. The zero-order valence-electron chi connectivity index (χ0n) is 23.0. The number of benzene rings is 2. The minimum Gasteiger partial charge on any atom is -0.412 e. The van der Waals surface area contributed by atoms with E-state index < -0.39 is 26.6 Å². The molecule has 190 valence electrons. The van der Waals surface area contributed by atoms with Crippen molar-refractivity contribution >= 4 is 38.3 Å². The van der Waals surface area contributed by atoms with Gasteiger partial charge in [-0.2, -0.15) is 0 Å². The number of hydrogen-bond acceptors (Lipinski definition) is 4. The Bertz CT molecular complexity index is 1050. The van der Waals surface area contributed by atoms with Crippen LogP contribution in [0.25, 0.3) is 0 Å². The van der Waals surface area contributed by atoms with Crippen LogP contribution in [0, 0.1) is 6.92 Å². The Kier molecular flexibility index (Phi) is 7.63. The first-order valence-corrected chi connectivity index (χ1v) is 15.2. The van der Waals surface area contributed by atoms with E-state index in [0.29, 0.717) is 12.3 Å². The zero-order valence-corrected chi connectivity index (χ0v) is 24.0. The lowest BCUT2D eigenvalue weighted by molar-refractivity contribution is 0.00578. The van der Waals surface area contributed by atoms with Crippen LogP contribution in [0.4, 0.5) is 16.2 Å². The lowest BCUT2D eigenvalue weighted by Gasteiger charge is -2.36. The maximum absolute atomic E-state index is 12.9. The van der Waals surface area contributed by atoms with Crippen LogP contribution in [0.2, 0.25) is 18.1 Å². The van der Waals surface area contributed by atoms with Crippen molar-refractivity contribution in [2.75, 3.05) is 10.6 Å². The molecule has 3 rings (SSSR count). The quantitative estimate of drug-likeness (QED) is 0.451. The fraction of sp³-hybridized carbons (Fsp3) is 0.519. The molecule has 0 bridgehead atoms. The molecule has 6 nitrogen and oxygen atoms in total. The number of amides is 2. The Morgan fingerprint density at radius 3 is 2.09 bits per heavy atom. The first kappa shape index (κ1) is 27.5. The Balaban J connectivity index is 1.93. The van der Waals surface area contributed by atoms with Crippen LogP contribution in [-0.2, 0) is 20.3 Å². The summed E-state index contributed by atoms with van der Waals surface area (Å²) in [5, 5.41) is 6.00. The van der Waals surface area contributed by atoms with E-state index in [1.54, 1.807) is 0 Å². The first-order valence-electron chi connectivity index (χ1n) is 12.3. The summed E-state index contributed by atoms with van der Waals surface area (Å²) in [5.74, 6) is 0. The van der Waals surface area contributed by atoms with Crippen molar-refractivity contribution in [1.82, 2.24) is 0 Å². The van der Waals surface area contributed by atoms with Crippen molar-refractivity contribution in [3.63, 3.8) is 0 Å². The number of carbonyl (C=O) groups excluding carboxylic acids is 1. The van der Waals surface area contributed by atoms with Crippen molar-refractivity contribution in [2.45, 2.75) is 91.3 Å². The smallest absolute Gasteiger partial charge is 0.412 e. The van der Waals surface area contributed by atoms with E-state index in [2.05, 4.69) is 44.5 Å². The van der Waals surface area contributed by atoms with Gasteiger partial charge in [-0.15, -0.1) is 0 Å². The molecule has 0 spiro atoms. The second-order valence-electron chi connectivity index (χ2n) is 12.0. The van der Waals surface area contributed by atoms with Crippen LogP contribution in [0.15, 0.2) is 42.5 Å². The molecule has 1 heterocycles. The van der Waals surface area contributed by atoms with Crippen molar-refractivity contribution in [2.24, 2.45) is 0 Å². The van der Waals surface area contributed by atoms with E-state index in [4.69, 9.17) is 13.7 Å². The van der Waals surface area contributed by atoms with Crippen molar-refractivity contribution < 1.29 is 18.5 Å². The van der Waals surface area contributed by atoms with Gasteiger partial charge >= 0.3 is 13.1 Å². The van der Waals surface area contributed by atoms with Gasteiger partial charge in [0.05, 0.1) is 17.8 Å². The molecule has 2 N–H and O–H groups in total. The summed E-state index contributed by atoms with van der Waals surface area (Å²) in [6.07, 6.45) is 0. The fourth-order valence-corrected chi connectivity index (χ4v) is 4.40. The molecule has 2 aromatic rings. The Morgan fingerprint density at radius 2 is 1.54 bits per heavy atom. The maximum Gasteiger partial charge on any atom is 0.495 e. The van der Waals surface area contributed by atoms with E-state index in [1.807, 2.05) is 77.1 Å². The van der Waals surface area contributed by atoms with E-state index in [9.17, 15) is 4.79 Å². The lowest BCUT2D eigenvalue weighted by Crippen LogP contribution is -2.42. The highest BCUT2D eigenvalue weighted by Gasteiger charge is 2.52. The summed E-state index contributed by atoms with van der Waals surface area (Å²) in [6.45, 7) is 21.6. The largest absolute Gasteiger partial charge is 0.495 e. The molecular formula is C27H41BN2O4Si. The van der Waals surface area contributed by atoms with Gasteiger partial charge in [0.2, 0.25) is 0 Å². The number of nitrogens with one attached hydrogen (secondary N) is 2. The molecule has 0 saturated carbocycles. The summed E-state index contributed by atoms with van der Waals surface area (Å²) >= 11 is 0. The summed E-state index contributed by atoms with van der Waals surface area (Å²) in [6, 6.07) is 13.2. The van der Waals surface area contributed by atoms with E-state index >= 15 is 0 Å². The first-order chi connectivity index (χ1) is 16.0. The lowest BCUT2D eigenvalue weighted by atomic mass is 9.75. The van der Waals surface area contributed by atoms with Gasteiger partial charge in [0.1, 0.15) is 0 Å². The van der Waals surface area contributed by atoms with Gasteiger partial charge in [0, 0.05) is 11.4 Å². The van der Waals surface area contributed by atoms with Gasteiger partial charge in [-0.3, -0.25) is 0 Å². The van der Waals surface area contributed by atoms with Gasteiger partial charge in [0.25, 0.3) is 0 Å². The molecule has 0 radical (unpaired) electrons. The number of hydrogen-bond donors (Lipinski definition) is 2. The SMILES string of the molecule is Cc1ccc(NC(=O)Nc2cccc(B3OC(C)(C)C(C)(C)O3)c2CO[Si](C)(C)C(C)(C)C)cc1. The van der Waals surface area contributed by atoms with Gasteiger partial charge in [-0.1, -0.05) is 50.6 Å². The molecule has 8 heteroatoms. The van der Waals surface area contributed by atoms with E-state index in [0.717, 1.165) is 22.3 Å². The summed E-state index contributed by atoms with van der Waals surface area (Å²) in [7, 11) is -2.60. The predicted octanol–water partition coefficient (Wildman–Crippen LogP) is 6.46. The van der Waals surface area contributed by atoms with Gasteiger partial charge in [-0.25, -0.2) is 4.79 Å². The standard InChI is InChI=1S/C27H41BN2O4Si/c1-19-14-16-20(17-15-19)29-24(31)30-23-13-11-12-22(28-33-26(5,6)27(7,8)34-28)21(23)18-32-35(9,10)25(2,3)4/h11-17H,18H2,1-10H3,(H2,29,30,31). The molecule has 0 unspecified atom stereocenters. The van der Waals surface area contributed by atoms with Crippen molar-refractivity contribution in [3.05, 3.63) is 53.6 Å². The van der Waals surface area contributed by atoms with Crippen LogP contribution < -0.4 is 16.1 Å². The third-order valence-corrected chi connectivity index (χ3v) is 12.1. The molecular weight excluding hydrogens is 455 g/mol. The third-order valence-electron chi connectivity index (χ3n) is 7.66. The molecule has 1 aliphatic rings. The summed E-state index contributed by atoms with van der Waals surface area (Å²) in [5.41, 5.74) is 3.35. The van der Waals surface area contributed by atoms with E-state index in [-0.39, 0.29) is 11.1 Å². The Hall–Kier alpha value is -2.13. The number of carbonyl (C=O) groups is 1. The maximum atomic E-state index is 12.9. The average Bonchev–Trinajstić information content (AvgIpc) is 2.94. The molecule has 2 aromatic carbocycles. The minimum atomic E-state index is -2.05. The zero-order chi connectivity index (χ0) is 26.2. The molecule has 0 atom stereocenters. The van der Waals surface area contributed by atoms with Crippen LogP contribution >= 0.6 is 0 Å². The van der Waals surface area contributed by atoms with Crippen LogP contribution in [-0.4, -0.2) is 32.7 Å². The average molecular weight is 497 g/mol. The van der Waals surface area contributed by atoms with Crippen LogP contribution in [0.1, 0.15) is 59.6 Å². The van der Waals surface area contributed by atoms with Gasteiger partial charge in [-0.05, 0) is 82.0 Å². The number of rotatable bonds is 6.